The zero-order chi connectivity index (χ0) is 45.4. The van der Waals surface area contributed by atoms with Gasteiger partial charge in [-0.2, -0.15) is 0 Å². The molecule has 1 saturated heterocycles. The zero-order valence-electron chi connectivity index (χ0n) is 42.8. The minimum absolute atomic E-state index is 0.0633. The fraction of sp³-hybridized carbons (Fsp3) is 0.533. The van der Waals surface area contributed by atoms with Crippen LogP contribution in [0.25, 0.3) is 34.4 Å². The summed E-state index contributed by atoms with van der Waals surface area (Å²) in [6, 6.07) is 15.2. The van der Waals surface area contributed by atoms with Crippen LogP contribution in [0, 0.1) is 53.4 Å². The molecule has 326 valence electrons. The van der Waals surface area contributed by atoms with Gasteiger partial charge in [0.2, 0.25) is 0 Å². The standard InChI is InChI=1S/2C29H39.C2H4.Zr/c2*1-17(2)21-14-25-19(4)18(3)20(5)27(26(25)15-21)22-12-23(28(6,7)8)16-24(13-22)29(9,10)11;1-2;/h2*12-17H,1-11H3;1-2H2;. The van der Waals surface area contributed by atoms with E-state index in [1.165, 1.54) is 75.0 Å². The van der Waals surface area contributed by atoms with Crippen LogP contribution in [0.5, 0.6) is 0 Å². The van der Waals surface area contributed by atoms with Crippen LogP contribution < -0.4 is 0 Å². The fourth-order valence-electron chi connectivity index (χ4n) is 11.4. The average molecular weight is 895 g/mol. The van der Waals surface area contributed by atoms with E-state index in [2.05, 4.69) is 201 Å². The predicted octanol–water partition coefficient (Wildman–Crippen LogP) is 18.0. The van der Waals surface area contributed by atoms with E-state index in [9.17, 15) is 0 Å². The second kappa shape index (κ2) is 15.2. The Labute approximate surface area is 378 Å². The summed E-state index contributed by atoms with van der Waals surface area (Å²) in [4.78, 5) is 0. The van der Waals surface area contributed by atoms with Crippen LogP contribution in [0.1, 0.15) is 196 Å². The van der Waals surface area contributed by atoms with E-state index in [1.807, 2.05) is 0 Å². The summed E-state index contributed by atoms with van der Waals surface area (Å²) >= 11 is -3.14. The molecule has 2 unspecified atom stereocenters. The number of hydrogen-bond donors (Lipinski definition) is 0. The van der Waals surface area contributed by atoms with Crippen LogP contribution in [0.15, 0.2) is 47.5 Å². The van der Waals surface area contributed by atoms with Crippen molar-refractivity contribution in [2.24, 2.45) is 11.8 Å². The van der Waals surface area contributed by atoms with Gasteiger partial charge < -0.3 is 0 Å². The molecular weight excluding hydrogens is 812 g/mol. The van der Waals surface area contributed by atoms with Gasteiger partial charge in [-0.3, -0.25) is 0 Å². The molecule has 0 saturated carbocycles. The topological polar surface area (TPSA) is 0 Å². The molecule has 0 amide bonds. The van der Waals surface area contributed by atoms with Crippen LogP contribution in [0.2, 0.25) is 8.26 Å². The third kappa shape index (κ3) is 7.74. The molecule has 0 spiro atoms. The molecule has 2 atom stereocenters. The maximum atomic E-state index is 2.76. The predicted molar refractivity (Wildman–Crippen MR) is 268 cm³/mol. The molecule has 0 aromatic heterocycles. The minimum atomic E-state index is -3.14. The van der Waals surface area contributed by atoms with Gasteiger partial charge in [-0.1, -0.05) is 0 Å². The van der Waals surface area contributed by atoms with E-state index < -0.39 is 20.3 Å². The molecule has 1 heteroatoms. The van der Waals surface area contributed by atoms with Gasteiger partial charge in [0.15, 0.2) is 0 Å². The summed E-state index contributed by atoms with van der Waals surface area (Å²) in [5, 5.41) is 0. The molecule has 4 aromatic carbocycles. The second-order valence-electron chi connectivity index (χ2n) is 25.0. The molecule has 0 nitrogen and oxygen atoms in total. The monoisotopic (exact) mass is 893 g/mol. The Bertz CT molecular complexity index is 2270. The van der Waals surface area contributed by atoms with Crippen molar-refractivity contribution in [2.45, 2.75) is 189 Å². The molecule has 1 heterocycles. The Balaban J connectivity index is 1.52. The summed E-state index contributed by atoms with van der Waals surface area (Å²) in [5.74, 6) is 1.01. The van der Waals surface area contributed by atoms with Crippen LogP contribution in [0.3, 0.4) is 0 Å². The summed E-state index contributed by atoms with van der Waals surface area (Å²) < 4.78 is 4.13. The van der Waals surface area contributed by atoms with Crippen molar-refractivity contribution < 1.29 is 20.3 Å². The van der Waals surface area contributed by atoms with Crippen molar-refractivity contribution >= 4 is 12.2 Å². The molecule has 2 aliphatic carbocycles. The van der Waals surface area contributed by atoms with E-state index in [0.717, 1.165) is 0 Å². The first-order chi connectivity index (χ1) is 27.9. The Hall–Kier alpha value is -2.76. The van der Waals surface area contributed by atoms with Gasteiger partial charge in [-0.05, 0) is 0 Å². The molecule has 7 rings (SSSR count). The van der Waals surface area contributed by atoms with E-state index in [1.54, 1.807) is 44.5 Å². The second-order valence-corrected chi connectivity index (χ2v) is 36.3. The number of fused-ring (bicyclic) bond motifs is 2. The Morgan fingerprint density at radius 2 is 0.689 bits per heavy atom. The average Bonchev–Trinajstić information content (AvgIpc) is 3.66. The van der Waals surface area contributed by atoms with Gasteiger partial charge in [0, 0.05) is 0 Å². The molecule has 4 aromatic rings. The van der Waals surface area contributed by atoms with E-state index >= 15 is 0 Å². The Kier molecular flexibility index (Phi) is 11.5. The van der Waals surface area contributed by atoms with E-state index in [4.69, 9.17) is 0 Å². The Morgan fingerprint density at radius 1 is 0.410 bits per heavy atom. The summed E-state index contributed by atoms with van der Waals surface area (Å²) in [7, 11) is 0. The zero-order valence-corrected chi connectivity index (χ0v) is 45.3. The van der Waals surface area contributed by atoms with E-state index in [-0.39, 0.29) is 21.7 Å². The van der Waals surface area contributed by atoms with Crippen molar-refractivity contribution in [1.82, 2.24) is 0 Å². The normalized spacial score (nSPS) is 18.8. The third-order valence-electron chi connectivity index (χ3n) is 16.0. The summed E-state index contributed by atoms with van der Waals surface area (Å²) in [6.07, 6.45) is 5.52. The van der Waals surface area contributed by atoms with Crippen LogP contribution in [0.4, 0.5) is 0 Å². The number of allylic oxidation sites excluding steroid dienone is 2. The fourth-order valence-corrected chi connectivity index (χ4v) is 30.0. The molecule has 1 fully saturated rings. The van der Waals surface area contributed by atoms with Crippen LogP contribution in [-0.4, -0.2) is 0 Å². The number of benzene rings is 4. The Morgan fingerprint density at radius 3 is 0.918 bits per heavy atom. The molecule has 3 aliphatic rings. The first-order valence-electron chi connectivity index (χ1n) is 23.9. The molecular formula is C60H82Zr. The van der Waals surface area contributed by atoms with Crippen LogP contribution >= 0.6 is 0 Å². The van der Waals surface area contributed by atoms with Crippen molar-refractivity contribution in [3.63, 3.8) is 0 Å². The maximum absolute atomic E-state index is 3.14. The van der Waals surface area contributed by atoms with Gasteiger partial charge in [0.1, 0.15) is 0 Å². The van der Waals surface area contributed by atoms with Gasteiger partial charge in [-0.15, -0.1) is 0 Å². The molecule has 0 N–H and O–H groups in total. The first kappa shape index (κ1) is 46.2. The van der Waals surface area contributed by atoms with Gasteiger partial charge in [0.05, 0.1) is 0 Å². The SMILES string of the molecule is Cc1c(C)c(-c2cc(C(C)(C)C)cc(C(C)(C)C)c2)c2c(c1C)[CH]([Zr]1([CH]3C(C(C)C)=Cc4c(-c5cc(C(C)(C)C)cc(C(C)(C)C)c5)c(C)c(C)c(C)c43)[CH2][CH2]1)C(C(C)C)=C2. The quantitative estimate of drug-likeness (QED) is 0.181. The van der Waals surface area contributed by atoms with Crippen molar-refractivity contribution in [3.05, 3.63) is 125 Å². The van der Waals surface area contributed by atoms with Gasteiger partial charge >= 0.3 is 381 Å². The first-order valence-corrected chi connectivity index (χ1v) is 30.3. The number of hydrogen-bond acceptors (Lipinski definition) is 0. The van der Waals surface area contributed by atoms with E-state index in [0.29, 0.717) is 19.1 Å². The molecule has 0 radical (unpaired) electrons. The molecule has 61 heavy (non-hydrogen) atoms. The van der Waals surface area contributed by atoms with Crippen molar-refractivity contribution in [1.29, 1.82) is 0 Å². The summed E-state index contributed by atoms with van der Waals surface area (Å²) in [5.41, 5.74) is 31.0. The summed E-state index contributed by atoms with van der Waals surface area (Å²) in [6.45, 7) is 53.4. The van der Waals surface area contributed by atoms with Crippen molar-refractivity contribution in [3.8, 4) is 22.3 Å². The van der Waals surface area contributed by atoms with Gasteiger partial charge in [-0.25, -0.2) is 0 Å². The molecule has 1 aliphatic heterocycles. The van der Waals surface area contributed by atoms with Crippen LogP contribution in [-0.2, 0) is 41.9 Å². The molecule has 0 bridgehead atoms. The van der Waals surface area contributed by atoms with Gasteiger partial charge in [0.25, 0.3) is 0 Å². The van der Waals surface area contributed by atoms with Crippen molar-refractivity contribution in [2.75, 3.05) is 0 Å². The number of rotatable bonds is 6. The third-order valence-corrected chi connectivity index (χ3v) is 28.8.